The Morgan fingerprint density at radius 2 is 0.857 bits per heavy atom. The molecule has 0 spiro atoms. The van der Waals surface area contributed by atoms with Gasteiger partial charge in [-0.25, -0.2) is 0 Å². The smallest absolute Gasteiger partial charge is 0.368 e. The van der Waals surface area contributed by atoms with Crippen molar-refractivity contribution in [3.05, 3.63) is 0 Å². The van der Waals surface area contributed by atoms with Gasteiger partial charge in [-0.05, 0) is 0 Å². The zero-order valence-corrected chi connectivity index (χ0v) is 9.05. The van der Waals surface area contributed by atoms with Gasteiger partial charge in [-0.3, -0.25) is 0 Å². The molecule has 0 aromatic carbocycles. The topological polar surface area (TPSA) is 80.9 Å². The van der Waals surface area contributed by atoms with E-state index in [2.05, 4.69) is 0 Å². The first-order chi connectivity index (χ1) is 2.00. The van der Waals surface area contributed by atoms with E-state index in [9.17, 15) is 0 Å². The molecule has 0 saturated carbocycles. The summed E-state index contributed by atoms with van der Waals surface area (Å²) < 4.78 is 0. The third-order valence-corrected chi connectivity index (χ3v) is 0. The summed E-state index contributed by atoms with van der Waals surface area (Å²) >= 11 is 0. The maximum Gasteiger partial charge on any atom is 0.668 e. The Bertz CT molecular complexity index is 27.2. The molecule has 44 valence electrons. The predicted octanol–water partition coefficient (Wildman–Crippen LogP) is -2.61. The van der Waals surface area contributed by atoms with Crippen LogP contribution < -0.4 is 0 Å². The van der Waals surface area contributed by atoms with E-state index in [1.54, 1.807) is 0 Å². The zero-order chi connectivity index (χ0) is 4.50. The van der Waals surface area contributed by atoms with Gasteiger partial charge in [-0.2, -0.15) is 0 Å². The van der Waals surface area contributed by atoms with E-state index in [4.69, 9.17) is 19.2 Å². The first kappa shape index (κ1) is 15.8. The standard InChI is InChI=1S/Mo.H4O4Si.W/c;1-5(2,3)4;/h;1-4H;. The fourth-order valence-electron chi connectivity index (χ4n) is 0. The Hall–Kier alpha value is 1.43. The van der Waals surface area contributed by atoms with Crippen LogP contribution in [0.15, 0.2) is 0 Å². The van der Waals surface area contributed by atoms with Crippen molar-refractivity contribution in [2.24, 2.45) is 0 Å². The van der Waals surface area contributed by atoms with Crippen LogP contribution in [-0.4, -0.2) is 28.2 Å². The summed E-state index contributed by atoms with van der Waals surface area (Å²) in [6.07, 6.45) is 0. The molecule has 0 aliphatic heterocycles. The van der Waals surface area contributed by atoms with Crippen LogP contribution in [0.4, 0.5) is 0 Å². The minimum absolute atomic E-state index is 0. The van der Waals surface area contributed by atoms with Crippen LogP contribution in [0.25, 0.3) is 0 Å². The second-order valence-electron chi connectivity index (χ2n) is 0.600. The van der Waals surface area contributed by atoms with Crippen LogP contribution in [0.3, 0.4) is 0 Å². The van der Waals surface area contributed by atoms with E-state index in [0.29, 0.717) is 0 Å². The van der Waals surface area contributed by atoms with Crippen LogP contribution >= 0.6 is 0 Å². The SMILES string of the molecule is O[Si](O)(O)O.[Mo].[W]. The summed E-state index contributed by atoms with van der Waals surface area (Å²) in [7, 11) is -4.61. The molecule has 0 rings (SSSR count). The van der Waals surface area contributed by atoms with E-state index in [-0.39, 0.29) is 42.1 Å². The van der Waals surface area contributed by atoms with Gasteiger partial charge in [-0.15, -0.1) is 0 Å². The van der Waals surface area contributed by atoms with E-state index >= 15 is 0 Å². The molecule has 4 N–H and O–H groups in total. The molecule has 0 aliphatic carbocycles. The molecule has 7 heavy (non-hydrogen) atoms. The van der Waals surface area contributed by atoms with Gasteiger partial charge in [-0.1, -0.05) is 0 Å². The quantitative estimate of drug-likeness (QED) is 0.350. The van der Waals surface area contributed by atoms with Gasteiger partial charge >= 0.3 is 9.05 Å². The molecule has 0 heterocycles. The van der Waals surface area contributed by atoms with Crippen molar-refractivity contribution < 1.29 is 61.3 Å². The van der Waals surface area contributed by atoms with Gasteiger partial charge in [0.15, 0.2) is 0 Å². The molecule has 0 atom stereocenters. The Morgan fingerprint density at radius 3 is 0.857 bits per heavy atom. The van der Waals surface area contributed by atoms with E-state index in [0.717, 1.165) is 0 Å². The summed E-state index contributed by atoms with van der Waals surface area (Å²) in [4.78, 5) is 29.3. The van der Waals surface area contributed by atoms with Gasteiger partial charge in [0.1, 0.15) is 0 Å². The summed E-state index contributed by atoms with van der Waals surface area (Å²) in [5.41, 5.74) is 0. The maximum absolute atomic E-state index is 7.33. The van der Waals surface area contributed by atoms with Crippen LogP contribution in [0.1, 0.15) is 0 Å². The van der Waals surface area contributed by atoms with Crippen LogP contribution in [-0.2, 0) is 42.1 Å². The summed E-state index contributed by atoms with van der Waals surface area (Å²) in [6, 6.07) is 0. The van der Waals surface area contributed by atoms with Crippen LogP contribution in [0.5, 0.6) is 0 Å². The molecule has 0 radical (unpaired) electrons. The Labute approximate surface area is 70.2 Å². The van der Waals surface area contributed by atoms with Crippen molar-refractivity contribution in [1.29, 1.82) is 0 Å². The van der Waals surface area contributed by atoms with Crippen molar-refractivity contribution in [2.45, 2.75) is 0 Å². The van der Waals surface area contributed by atoms with Crippen molar-refractivity contribution >= 4 is 9.05 Å². The van der Waals surface area contributed by atoms with Crippen LogP contribution in [0, 0.1) is 0 Å². The van der Waals surface area contributed by atoms with Gasteiger partial charge in [0.25, 0.3) is 0 Å². The van der Waals surface area contributed by atoms with E-state index in [1.807, 2.05) is 0 Å². The molecule has 0 aromatic heterocycles. The van der Waals surface area contributed by atoms with Crippen LogP contribution in [0.2, 0.25) is 0 Å². The van der Waals surface area contributed by atoms with E-state index < -0.39 is 9.05 Å². The maximum atomic E-state index is 7.33. The molecular formula is H4MoO4SiW. The minimum atomic E-state index is -4.61. The first-order valence-electron chi connectivity index (χ1n) is 0.894. The second kappa shape index (κ2) is 5.57. The third-order valence-electron chi connectivity index (χ3n) is 0. The molecule has 0 aromatic rings. The minimum Gasteiger partial charge on any atom is -0.368 e. The monoisotopic (exact) mass is 378 g/mol. The zero-order valence-electron chi connectivity index (χ0n) is 3.11. The fourth-order valence-corrected chi connectivity index (χ4v) is 0. The number of hydrogen-bond donors (Lipinski definition) is 4. The molecule has 0 saturated heterocycles. The largest absolute Gasteiger partial charge is 0.668 e. The van der Waals surface area contributed by atoms with Crippen molar-refractivity contribution in [2.75, 3.05) is 0 Å². The molecule has 7 heteroatoms. The number of hydrogen-bond acceptors (Lipinski definition) is 4. The van der Waals surface area contributed by atoms with Gasteiger partial charge in [0, 0.05) is 42.1 Å². The summed E-state index contributed by atoms with van der Waals surface area (Å²) in [6.45, 7) is 0. The summed E-state index contributed by atoms with van der Waals surface area (Å²) in [5, 5.41) is 0. The first-order valence-corrected chi connectivity index (χ1v) is 2.68. The van der Waals surface area contributed by atoms with Crippen molar-refractivity contribution in [1.82, 2.24) is 0 Å². The average molecular weight is 376 g/mol. The average Bonchev–Trinajstić information content (AvgIpc) is 0.722. The van der Waals surface area contributed by atoms with Crippen molar-refractivity contribution in [3.8, 4) is 0 Å². The molecule has 0 bridgehead atoms. The Kier molecular flexibility index (Phi) is 12.6. The molecule has 0 amide bonds. The molecule has 0 fully saturated rings. The van der Waals surface area contributed by atoms with E-state index in [1.165, 1.54) is 0 Å². The molecule has 0 unspecified atom stereocenters. The molecule has 0 aliphatic rings. The Morgan fingerprint density at radius 1 is 0.857 bits per heavy atom. The van der Waals surface area contributed by atoms with Gasteiger partial charge in [0.2, 0.25) is 0 Å². The molecule has 4 nitrogen and oxygen atoms in total. The number of rotatable bonds is 0. The fraction of sp³-hybridized carbons (Fsp3) is 0. The van der Waals surface area contributed by atoms with Gasteiger partial charge in [0.05, 0.1) is 0 Å². The second-order valence-corrected chi connectivity index (χ2v) is 1.80. The third kappa shape index (κ3) is 107. The van der Waals surface area contributed by atoms with Crippen molar-refractivity contribution in [3.63, 3.8) is 0 Å². The summed E-state index contributed by atoms with van der Waals surface area (Å²) in [5.74, 6) is 0. The molecular weight excluding hydrogens is 372 g/mol. The predicted molar refractivity (Wildman–Crippen MR) is 14.6 cm³/mol. The Balaban J connectivity index is -0.0000000800. The normalized spacial score (nSPS) is 8.57. The van der Waals surface area contributed by atoms with Gasteiger partial charge < -0.3 is 19.2 Å².